The highest BCUT2D eigenvalue weighted by Crippen LogP contribution is 2.33. The van der Waals surface area contributed by atoms with Gasteiger partial charge < -0.3 is 30.7 Å². The lowest BCUT2D eigenvalue weighted by Crippen LogP contribution is -2.43. The first-order valence-electron chi connectivity index (χ1n) is 10.5. The number of ether oxygens (including phenoxy) is 2. The Morgan fingerprint density at radius 1 is 1.28 bits per heavy atom. The summed E-state index contributed by atoms with van der Waals surface area (Å²) in [6, 6.07) is 0.150. The molecule has 172 valence electrons. The van der Waals surface area contributed by atoms with Crippen LogP contribution in [-0.4, -0.2) is 84.1 Å². The third kappa shape index (κ3) is 3.72. The summed E-state index contributed by atoms with van der Waals surface area (Å²) in [5.41, 5.74) is 6.60. The topological polar surface area (TPSA) is 178 Å². The van der Waals surface area contributed by atoms with Gasteiger partial charge in [0.2, 0.25) is 0 Å². The van der Waals surface area contributed by atoms with Crippen LogP contribution in [0.25, 0.3) is 11.2 Å². The van der Waals surface area contributed by atoms with E-state index in [0.29, 0.717) is 0 Å². The van der Waals surface area contributed by atoms with Gasteiger partial charge >= 0.3 is 6.09 Å². The van der Waals surface area contributed by atoms with Gasteiger partial charge in [0.1, 0.15) is 17.7 Å². The molecule has 2 aromatic rings. The minimum Gasteiger partial charge on any atom is -0.453 e. The molecule has 32 heavy (non-hydrogen) atoms. The highest BCUT2D eigenvalue weighted by molar-refractivity contribution is 5.83. The number of amides is 2. The van der Waals surface area contributed by atoms with Crippen molar-refractivity contribution in [1.82, 2.24) is 29.7 Å². The number of anilines is 1. The SMILES string of the molecule is COC(=O)N(Cc1nc(N)c2ncn([C@@H]3O[C@H](C(=O)NC4CC4)C(O)C3O)c2n1)C1CC1. The van der Waals surface area contributed by atoms with Crippen LogP contribution in [0.5, 0.6) is 0 Å². The number of carbonyl (C=O) groups is 2. The van der Waals surface area contributed by atoms with Gasteiger partial charge in [-0.15, -0.1) is 0 Å². The summed E-state index contributed by atoms with van der Waals surface area (Å²) in [7, 11) is 1.31. The summed E-state index contributed by atoms with van der Waals surface area (Å²) in [4.78, 5) is 39.0. The van der Waals surface area contributed by atoms with E-state index in [1.54, 1.807) is 0 Å². The zero-order valence-corrected chi connectivity index (χ0v) is 17.4. The predicted molar refractivity (Wildman–Crippen MR) is 108 cm³/mol. The Balaban J connectivity index is 1.43. The third-order valence-corrected chi connectivity index (χ3v) is 5.90. The average molecular weight is 447 g/mol. The summed E-state index contributed by atoms with van der Waals surface area (Å²) in [6.45, 7) is 0.0891. The molecule has 2 saturated carbocycles. The molecule has 2 unspecified atom stereocenters. The molecule has 4 atom stereocenters. The van der Waals surface area contributed by atoms with E-state index in [1.165, 1.54) is 22.9 Å². The Labute approximate surface area is 182 Å². The average Bonchev–Trinajstić information content (AvgIpc) is 3.70. The highest BCUT2D eigenvalue weighted by atomic mass is 16.6. The maximum atomic E-state index is 12.4. The molecule has 0 radical (unpaired) electrons. The van der Waals surface area contributed by atoms with E-state index in [1.807, 2.05) is 0 Å². The summed E-state index contributed by atoms with van der Waals surface area (Å²) in [5, 5.41) is 23.7. The fraction of sp³-hybridized carbons (Fsp3) is 0.632. The second kappa shape index (κ2) is 7.83. The summed E-state index contributed by atoms with van der Waals surface area (Å²) in [5.74, 6) is -0.107. The second-order valence-corrected chi connectivity index (χ2v) is 8.39. The van der Waals surface area contributed by atoms with Crippen LogP contribution in [0.15, 0.2) is 6.33 Å². The molecule has 2 aromatic heterocycles. The van der Waals surface area contributed by atoms with Crippen molar-refractivity contribution in [2.24, 2.45) is 0 Å². The number of aliphatic hydroxyl groups excluding tert-OH is 2. The van der Waals surface area contributed by atoms with Gasteiger partial charge in [-0.25, -0.2) is 19.7 Å². The monoisotopic (exact) mass is 447 g/mol. The number of carbonyl (C=O) groups excluding carboxylic acids is 2. The van der Waals surface area contributed by atoms with Gasteiger partial charge in [0.05, 0.1) is 20.0 Å². The van der Waals surface area contributed by atoms with Gasteiger partial charge in [-0.1, -0.05) is 0 Å². The van der Waals surface area contributed by atoms with Gasteiger partial charge in [-0.3, -0.25) is 14.3 Å². The number of nitrogen functional groups attached to an aromatic ring is 1. The first kappa shape index (κ1) is 20.8. The first-order valence-corrected chi connectivity index (χ1v) is 10.5. The molecule has 3 aliphatic rings. The number of nitrogens with two attached hydrogens (primary N) is 1. The van der Waals surface area contributed by atoms with Crippen molar-refractivity contribution in [3.8, 4) is 0 Å². The minimum atomic E-state index is -1.42. The number of hydrogen-bond acceptors (Lipinski definition) is 10. The van der Waals surface area contributed by atoms with Crippen molar-refractivity contribution >= 4 is 29.0 Å². The summed E-state index contributed by atoms with van der Waals surface area (Å²) < 4.78 is 12.0. The van der Waals surface area contributed by atoms with Crippen LogP contribution in [0.4, 0.5) is 10.6 Å². The van der Waals surface area contributed by atoms with Crippen LogP contribution in [0, 0.1) is 0 Å². The molecule has 0 spiro atoms. The Hall–Kier alpha value is -3.03. The van der Waals surface area contributed by atoms with Gasteiger partial charge in [0.25, 0.3) is 5.91 Å². The summed E-state index contributed by atoms with van der Waals surface area (Å²) >= 11 is 0. The van der Waals surface area contributed by atoms with Crippen LogP contribution >= 0.6 is 0 Å². The van der Waals surface area contributed by atoms with Gasteiger partial charge in [0, 0.05) is 12.1 Å². The van der Waals surface area contributed by atoms with Gasteiger partial charge in [-0.2, -0.15) is 0 Å². The van der Waals surface area contributed by atoms with E-state index < -0.39 is 36.5 Å². The van der Waals surface area contributed by atoms with Gasteiger partial charge in [-0.05, 0) is 25.7 Å². The molecule has 13 heteroatoms. The normalized spacial score (nSPS) is 27.5. The van der Waals surface area contributed by atoms with Crippen molar-refractivity contribution < 1.29 is 29.3 Å². The fourth-order valence-electron chi connectivity index (χ4n) is 3.86. The largest absolute Gasteiger partial charge is 0.453 e. The van der Waals surface area contributed by atoms with Crippen LogP contribution in [0.1, 0.15) is 37.7 Å². The quantitative estimate of drug-likeness (QED) is 0.431. The number of fused-ring (bicyclic) bond motifs is 1. The molecule has 1 saturated heterocycles. The Bertz CT molecular complexity index is 1050. The first-order chi connectivity index (χ1) is 15.4. The molecule has 3 fully saturated rings. The van der Waals surface area contributed by atoms with E-state index in [9.17, 15) is 19.8 Å². The van der Waals surface area contributed by atoms with Crippen molar-refractivity contribution in [1.29, 1.82) is 0 Å². The van der Waals surface area contributed by atoms with E-state index in [4.69, 9.17) is 15.2 Å². The molecule has 5 rings (SSSR count). The number of rotatable bonds is 6. The van der Waals surface area contributed by atoms with Crippen molar-refractivity contribution in [2.75, 3.05) is 12.8 Å². The molecular formula is C19H25N7O6. The predicted octanol–water partition coefficient (Wildman–Crippen LogP) is -0.963. The Kier molecular flexibility index (Phi) is 5.10. The van der Waals surface area contributed by atoms with E-state index in [0.717, 1.165) is 25.7 Å². The van der Waals surface area contributed by atoms with E-state index in [2.05, 4.69) is 20.3 Å². The minimum absolute atomic E-state index is 0.0637. The van der Waals surface area contributed by atoms with Gasteiger partial charge in [0.15, 0.2) is 29.6 Å². The number of aromatic nitrogens is 4. The van der Waals surface area contributed by atoms with Crippen LogP contribution in [0.2, 0.25) is 0 Å². The molecule has 13 nitrogen and oxygen atoms in total. The van der Waals surface area contributed by atoms with Crippen LogP contribution in [0.3, 0.4) is 0 Å². The lowest BCUT2D eigenvalue weighted by Gasteiger charge is -2.20. The van der Waals surface area contributed by atoms with Crippen molar-refractivity contribution in [3.05, 3.63) is 12.2 Å². The maximum Gasteiger partial charge on any atom is 0.410 e. The molecule has 5 N–H and O–H groups in total. The fourth-order valence-corrected chi connectivity index (χ4v) is 3.86. The highest BCUT2D eigenvalue weighted by Gasteiger charge is 2.48. The molecule has 0 bridgehead atoms. The van der Waals surface area contributed by atoms with E-state index in [-0.39, 0.29) is 41.4 Å². The van der Waals surface area contributed by atoms with Crippen LogP contribution in [-0.2, 0) is 20.8 Å². The smallest absolute Gasteiger partial charge is 0.410 e. The lowest BCUT2D eigenvalue weighted by atomic mass is 10.1. The number of nitrogens with zero attached hydrogens (tertiary/aromatic N) is 5. The van der Waals surface area contributed by atoms with Crippen molar-refractivity contribution in [3.63, 3.8) is 0 Å². The van der Waals surface area contributed by atoms with Crippen LogP contribution < -0.4 is 11.1 Å². The Morgan fingerprint density at radius 2 is 2.03 bits per heavy atom. The standard InChI is InChI=1S/C19H25N7O6/c1-31-19(30)25(9-4-5-9)6-10-23-15(20)11-16(24-10)26(7-21-11)18-13(28)12(27)14(32-18)17(29)22-8-2-3-8/h7-9,12-14,18,27-28H,2-6H2,1H3,(H,22,29)(H2,20,23,24)/t12?,13?,14-,18+/m0/s1. The molecule has 2 amide bonds. The maximum absolute atomic E-state index is 12.4. The molecule has 2 aliphatic carbocycles. The zero-order chi connectivity index (χ0) is 22.6. The number of imidazole rings is 1. The summed E-state index contributed by atoms with van der Waals surface area (Å²) in [6.07, 6.45) is -0.747. The molecule has 1 aliphatic heterocycles. The Morgan fingerprint density at radius 3 is 2.69 bits per heavy atom. The molecule has 3 heterocycles. The molecule has 0 aromatic carbocycles. The molecular weight excluding hydrogens is 422 g/mol. The zero-order valence-electron chi connectivity index (χ0n) is 17.4. The van der Waals surface area contributed by atoms with E-state index >= 15 is 0 Å². The number of nitrogens with one attached hydrogen (secondary N) is 1. The van der Waals surface area contributed by atoms with Crippen molar-refractivity contribution in [2.45, 2.75) is 68.9 Å². The second-order valence-electron chi connectivity index (χ2n) is 8.39. The number of hydrogen-bond donors (Lipinski definition) is 4. The lowest BCUT2D eigenvalue weighted by molar-refractivity contribution is -0.137. The number of methoxy groups -OCH3 is 1. The number of aliphatic hydroxyl groups is 2. The third-order valence-electron chi connectivity index (χ3n) is 5.90.